The summed E-state index contributed by atoms with van der Waals surface area (Å²) >= 11 is 0. The lowest BCUT2D eigenvalue weighted by molar-refractivity contribution is 0.422. The van der Waals surface area contributed by atoms with Gasteiger partial charge in [0.05, 0.1) is 16.2 Å². The van der Waals surface area contributed by atoms with Crippen LogP contribution in [-0.4, -0.2) is 0 Å². The quantitative estimate of drug-likeness (QED) is 0.0527. The molecule has 0 unspecified atom stereocenters. The van der Waals surface area contributed by atoms with Crippen LogP contribution in [0.15, 0.2) is 366 Å². The van der Waals surface area contributed by atoms with Gasteiger partial charge in [-0.3, -0.25) is 0 Å². The molecule has 0 fully saturated rings. The Bertz CT molecular complexity index is 6910. The SMILES string of the molecule is C=CCCCC1(CCCC=C)c2cc(C)ccc2-c2ccc(C)cc21.C=CCc1cccc(C2(c3cccc(CC=C)c3)c3cc(C)ccc3-c3ccc(C)cc32)c1.Cc1ccc2c(c1)C(c1ccc3c(c1)CC3)(c1ccc3c(c1)CC3)c1cc(C)ccc1-2.Cc1ccc2c(c1)C(c1cccc(-c3ccc4c(c3)CC4)c1)(c1cccc(-c3ccc4c(c3)CC4)c1)c1cc(C)ccc1-2. The maximum Gasteiger partial charge on any atom is 0.0714 e. The number of rotatable bonds is 20. The lowest BCUT2D eigenvalue weighted by Gasteiger charge is -2.37. The first kappa shape index (κ1) is 85.3. The van der Waals surface area contributed by atoms with Crippen LogP contribution in [0.2, 0.25) is 0 Å². The molecule has 0 spiro atoms. The molecule has 0 aliphatic heterocycles. The van der Waals surface area contributed by atoms with Crippen LogP contribution in [0, 0.1) is 55.4 Å². The molecule has 0 aromatic heterocycles. The minimum Gasteiger partial charge on any atom is -0.103 e. The molecule has 16 aromatic carbocycles. The van der Waals surface area contributed by atoms with Crippen LogP contribution < -0.4 is 0 Å². The molecule has 8 aliphatic rings. The third-order valence-corrected chi connectivity index (χ3v) is 31.1. The molecule has 0 heteroatoms. The molecular weight excluding hydrogens is 1590 g/mol. The van der Waals surface area contributed by atoms with E-state index in [0.29, 0.717) is 0 Å². The van der Waals surface area contributed by atoms with Gasteiger partial charge in [0.25, 0.3) is 0 Å². The highest BCUT2D eigenvalue weighted by molar-refractivity contribution is 5.92. The van der Waals surface area contributed by atoms with E-state index >= 15 is 0 Å². The number of fused-ring (bicyclic) bond motifs is 16. The number of unbranched alkanes of at least 4 members (excludes halogenated alkanes) is 2. The molecule has 0 radical (unpaired) electrons. The second-order valence-electron chi connectivity index (χ2n) is 39.6. The van der Waals surface area contributed by atoms with Crippen molar-refractivity contribution in [3.63, 3.8) is 0 Å². The zero-order valence-electron chi connectivity index (χ0n) is 78.5. The number of hydrogen-bond acceptors (Lipinski definition) is 0. The Morgan fingerprint density at radius 1 is 0.212 bits per heavy atom. The molecule has 0 heterocycles. The van der Waals surface area contributed by atoms with Crippen molar-refractivity contribution in [3.05, 3.63) is 544 Å². The van der Waals surface area contributed by atoms with Crippen LogP contribution >= 0.6 is 0 Å². The maximum atomic E-state index is 3.98. The van der Waals surface area contributed by atoms with E-state index < -0.39 is 5.41 Å². The first-order valence-electron chi connectivity index (χ1n) is 48.7. The molecule has 0 amide bonds. The average molecular weight is 1710 g/mol. The van der Waals surface area contributed by atoms with E-state index in [2.05, 4.69) is 409 Å². The standard InChI is InChI=1S/C43H34.C33H30.C31H26.C25H30/c1-27-9-19-39-40-20-10-28(2)22-42(40)43(41(39)21-27,37-7-3-5-31(25-37)35-17-13-29-11-15-33(29)23-35)38-8-4-6-32(26-38)36-18-14-30-12-16-34(30)24-36;1-5-9-25-11-7-13-27(21-25)33(28-14-8-12-26(22-28)10-6-2)31-19-23(3)15-17-29(31)30-18-16-24(4)20-32(30)33;1-19-3-13-27-28-14-4-20(2)16-30(28)31(29(27)15-19,25-11-9-21-5-7-23(21)17-25)26-12-10-22-6-8-24(22)18-26;1-5-7-9-15-25(16-10-8-6-2)23-17-19(3)11-13-21(23)22-14-12-20(4)18-24(22)25/h3-10,13-14,17-26H,11-12,15-16H2,1-2H3;5-8,11-22H,1-2,9-10H2,3-4H3;3-4,9-18H,5-8H2,1-2H3;5-6,11-14,17-18H,1-2,7-10,15-16H2,3-4H3. The second-order valence-corrected chi connectivity index (χ2v) is 39.6. The van der Waals surface area contributed by atoms with Gasteiger partial charge >= 0.3 is 0 Å². The van der Waals surface area contributed by atoms with Gasteiger partial charge < -0.3 is 0 Å². The topological polar surface area (TPSA) is 0 Å². The maximum absolute atomic E-state index is 3.98. The van der Waals surface area contributed by atoms with Crippen molar-refractivity contribution < 1.29 is 0 Å². The summed E-state index contributed by atoms with van der Waals surface area (Å²) < 4.78 is 0. The van der Waals surface area contributed by atoms with Crippen molar-refractivity contribution in [1.29, 1.82) is 0 Å². The lowest BCUT2D eigenvalue weighted by Crippen LogP contribution is -2.30. The van der Waals surface area contributed by atoms with Crippen molar-refractivity contribution in [1.82, 2.24) is 0 Å². The van der Waals surface area contributed by atoms with Crippen LogP contribution in [0.5, 0.6) is 0 Å². The van der Waals surface area contributed by atoms with Crippen LogP contribution in [0.3, 0.4) is 0 Å². The third-order valence-electron chi connectivity index (χ3n) is 31.1. The monoisotopic (exact) mass is 1700 g/mol. The lowest BCUT2D eigenvalue weighted by atomic mass is 9.65. The fourth-order valence-corrected chi connectivity index (χ4v) is 24.2. The van der Waals surface area contributed by atoms with Gasteiger partial charge in [-0.15, -0.1) is 26.3 Å². The summed E-state index contributed by atoms with van der Waals surface area (Å²) in [4.78, 5) is 0. The fraction of sp³-hybridized carbons (Fsp3) is 0.212. The van der Waals surface area contributed by atoms with Crippen LogP contribution in [0.4, 0.5) is 0 Å². The van der Waals surface area contributed by atoms with Crippen molar-refractivity contribution >= 4 is 0 Å². The van der Waals surface area contributed by atoms with Crippen LogP contribution in [0.25, 0.3) is 66.8 Å². The summed E-state index contributed by atoms with van der Waals surface area (Å²) in [5, 5.41) is 0. The Kier molecular flexibility index (Phi) is 22.4. The predicted molar refractivity (Wildman–Crippen MR) is 558 cm³/mol. The summed E-state index contributed by atoms with van der Waals surface area (Å²) in [6.45, 7) is 33.6. The molecule has 24 rings (SSSR count). The van der Waals surface area contributed by atoms with E-state index in [1.54, 1.807) is 11.1 Å². The molecule has 8 aliphatic carbocycles. The van der Waals surface area contributed by atoms with Crippen LogP contribution in [0.1, 0.15) is 217 Å². The van der Waals surface area contributed by atoms with Crippen molar-refractivity contribution in [3.8, 4) is 66.8 Å². The zero-order chi connectivity index (χ0) is 90.3. The summed E-state index contributed by atoms with van der Waals surface area (Å²) in [5.74, 6) is 0. The molecule has 16 aromatic rings. The van der Waals surface area contributed by atoms with Gasteiger partial charge in [0.2, 0.25) is 0 Å². The van der Waals surface area contributed by atoms with Gasteiger partial charge in [-0.25, -0.2) is 0 Å². The minimum absolute atomic E-state index is 0.148. The predicted octanol–water partition coefficient (Wildman–Crippen LogP) is 32.5. The molecule has 0 nitrogen and oxygen atoms in total. The first-order chi connectivity index (χ1) is 64.4. The normalized spacial score (nSPS) is 14.7. The highest BCUT2D eigenvalue weighted by Gasteiger charge is 2.51. The van der Waals surface area contributed by atoms with Gasteiger partial charge in [-0.2, -0.15) is 0 Å². The van der Waals surface area contributed by atoms with Gasteiger partial charge in [0.15, 0.2) is 0 Å². The van der Waals surface area contributed by atoms with Crippen LogP contribution in [-0.2, 0) is 85.9 Å². The van der Waals surface area contributed by atoms with Gasteiger partial charge in [0.1, 0.15) is 0 Å². The Hall–Kier alpha value is -13.5. The molecule has 0 saturated heterocycles. The molecular formula is C132H120. The highest BCUT2D eigenvalue weighted by atomic mass is 14.5. The number of allylic oxidation sites excluding steroid dienone is 4. The highest BCUT2D eigenvalue weighted by Crippen LogP contribution is 2.62. The Balaban J connectivity index is 0.000000108. The zero-order valence-corrected chi connectivity index (χ0v) is 78.5. The summed E-state index contributed by atoms with van der Waals surface area (Å²) in [6, 6.07) is 122. The first-order valence-corrected chi connectivity index (χ1v) is 48.7. The summed E-state index contributed by atoms with van der Waals surface area (Å²) in [6.07, 6.45) is 26.5. The molecule has 0 saturated carbocycles. The summed E-state index contributed by atoms with van der Waals surface area (Å²) in [7, 11) is 0. The number of hydrogen-bond donors (Lipinski definition) is 0. The minimum atomic E-state index is -0.422. The molecule has 648 valence electrons. The molecule has 0 N–H and O–H groups in total. The van der Waals surface area contributed by atoms with E-state index in [4.69, 9.17) is 0 Å². The fourth-order valence-electron chi connectivity index (χ4n) is 24.2. The summed E-state index contributed by atoms with van der Waals surface area (Å²) in [5.41, 5.74) is 60.3. The Labute approximate surface area is 785 Å². The molecule has 0 atom stereocenters. The van der Waals surface area contributed by atoms with E-state index in [9.17, 15) is 0 Å². The van der Waals surface area contributed by atoms with Crippen molar-refractivity contribution in [2.45, 2.75) is 180 Å². The van der Waals surface area contributed by atoms with Gasteiger partial charge in [0, 0.05) is 5.41 Å². The van der Waals surface area contributed by atoms with E-state index in [-0.39, 0.29) is 16.2 Å². The third kappa shape index (κ3) is 14.4. The second kappa shape index (κ2) is 34.6. The van der Waals surface area contributed by atoms with Gasteiger partial charge in [-0.1, -0.05) is 372 Å². The van der Waals surface area contributed by atoms with E-state index in [1.807, 2.05) is 12.2 Å². The van der Waals surface area contributed by atoms with Gasteiger partial charge in [-0.05, 0) is 371 Å². The number of aryl methyl sites for hydroxylation is 16. The Morgan fingerprint density at radius 3 is 0.720 bits per heavy atom. The van der Waals surface area contributed by atoms with Crippen molar-refractivity contribution in [2.75, 3.05) is 0 Å². The Morgan fingerprint density at radius 2 is 0.455 bits per heavy atom. The van der Waals surface area contributed by atoms with E-state index in [0.717, 1.165) is 25.7 Å². The smallest absolute Gasteiger partial charge is 0.0714 e. The largest absolute Gasteiger partial charge is 0.103 e. The molecule has 132 heavy (non-hydrogen) atoms. The number of benzene rings is 16. The average Bonchev–Trinajstić information content (AvgIpc) is 1.53. The van der Waals surface area contributed by atoms with E-state index in [1.165, 1.54) is 311 Å². The van der Waals surface area contributed by atoms with Crippen molar-refractivity contribution in [2.24, 2.45) is 0 Å². The molecule has 0 bridgehead atoms.